The molecule has 122 valence electrons. The van der Waals surface area contributed by atoms with Gasteiger partial charge in [-0.3, -0.25) is 4.79 Å². The minimum Gasteiger partial charge on any atom is -0.352 e. The summed E-state index contributed by atoms with van der Waals surface area (Å²) in [6.45, 7) is 2.05. The van der Waals surface area contributed by atoms with E-state index in [4.69, 9.17) is 5.73 Å². The van der Waals surface area contributed by atoms with Gasteiger partial charge in [-0.2, -0.15) is 0 Å². The lowest BCUT2D eigenvalue weighted by Gasteiger charge is -2.09. The molecular weight excluding hydrogens is 330 g/mol. The molecule has 0 aliphatic rings. The molecule has 0 radical (unpaired) electrons. The number of aromatic nitrogens is 2. The Morgan fingerprint density at radius 1 is 1.45 bits per heavy atom. The van der Waals surface area contributed by atoms with Crippen LogP contribution in [0.1, 0.15) is 18.9 Å². The first-order valence-electron chi connectivity index (χ1n) is 6.35. The van der Waals surface area contributed by atoms with Gasteiger partial charge in [-0.25, -0.2) is 9.37 Å². The lowest BCUT2D eigenvalue weighted by Crippen LogP contribution is -2.29. The van der Waals surface area contributed by atoms with Crippen molar-refractivity contribution in [1.29, 1.82) is 0 Å². The summed E-state index contributed by atoms with van der Waals surface area (Å²) >= 11 is 0. The number of nitrogens with zero attached hydrogens (tertiary/aromatic N) is 2. The molecule has 1 atom stereocenters. The van der Waals surface area contributed by atoms with Gasteiger partial charge in [0.25, 0.3) is 0 Å². The molecule has 1 aromatic carbocycles. The van der Waals surface area contributed by atoms with E-state index in [9.17, 15) is 9.18 Å². The number of amides is 1. The first-order chi connectivity index (χ1) is 9.56. The van der Waals surface area contributed by atoms with Crippen LogP contribution in [0.15, 0.2) is 36.9 Å². The maximum absolute atomic E-state index is 14.0. The normalized spacial score (nSPS) is 11.0. The predicted molar refractivity (Wildman–Crippen MR) is 88.1 cm³/mol. The Hall–Kier alpha value is -1.63. The van der Waals surface area contributed by atoms with Gasteiger partial charge in [-0.1, -0.05) is 6.07 Å². The summed E-state index contributed by atoms with van der Waals surface area (Å²) in [5.74, 6) is -0.499. The monoisotopic (exact) mass is 348 g/mol. The molecule has 0 fully saturated rings. The van der Waals surface area contributed by atoms with Crippen molar-refractivity contribution in [2.24, 2.45) is 5.73 Å². The summed E-state index contributed by atoms with van der Waals surface area (Å²) in [5, 5.41) is 2.71. The lowest BCUT2D eigenvalue weighted by molar-refractivity contribution is -0.121. The van der Waals surface area contributed by atoms with E-state index in [-0.39, 0.29) is 55.5 Å². The SMILES string of the molecule is CC(N)CC(=O)NCc1ccc(-n2ccnc2)c(F)c1.Cl.Cl. The molecule has 3 N–H and O–H groups in total. The van der Waals surface area contributed by atoms with Crippen molar-refractivity contribution in [3.63, 3.8) is 0 Å². The highest BCUT2D eigenvalue weighted by Gasteiger charge is 2.07. The minimum absolute atomic E-state index is 0. The van der Waals surface area contributed by atoms with Gasteiger partial charge in [0.05, 0.1) is 12.0 Å². The number of imidazole rings is 1. The summed E-state index contributed by atoms with van der Waals surface area (Å²) in [5.41, 5.74) is 6.65. The number of rotatable bonds is 5. The van der Waals surface area contributed by atoms with Gasteiger partial charge in [-0.15, -0.1) is 24.8 Å². The van der Waals surface area contributed by atoms with E-state index < -0.39 is 0 Å². The van der Waals surface area contributed by atoms with E-state index in [1.54, 1.807) is 36.0 Å². The molecule has 22 heavy (non-hydrogen) atoms. The molecule has 8 heteroatoms. The third-order valence-corrected chi connectivity index (χ3v) is 2.79. The molecule has 0 aliphatic heterocycles. The van der Waals surface area contributed by atoms with Crippen LogP contribution in [0.25, 0.3) is 5.69 Å². The summed E-state index contributed by atoms with van der Waals surface area (Å²) in [4.78, 5) is 15.3. The zero-order chi connectivity index (χ0) is 14.5. The molecular formula is C14H19Cl2FN4O. The maximum Gasteiger partial charge on any atom is 0.221 e. The molecule has 1 aromatic heterocycles. The van der Waals surface area contributed by atoms with Crippen LogP contribution < -0.4 is 11.1 Å². The topological polar surface area (TPSA) is 72.9 Å². The molecule has 0 aliphatic carbocycles. The zero-order valence-corrected chi connectivity index (χ0v) is 13.7. The van der Waals surface area contributed by atoms with Gasteiger partial charge in [-0.05, 0) is 24.6 Å². The van der Waals surface area contributed by atoms with Crippen molar-refractivity contribution in [2.45, 2.75) is 25.9 Å². The number of halogens is 3. The van der Waals surface area contributed by atoms with Crippen molar-refractivity contribution < 1.29 is 9.18 Å². The highest BCUT2D eigenvalue weighted by atomic mass is 35.5. The van der Waals surface area contributed by atoms with Crippen LogP contribution in [0.5, 0.6) is 0 Å². The van der Waals surface area contributed by atoms with Gasteiger partial charge in [0.1, 0.15) is 5.82 Å². The maximum atomic E-state index is 14.0. The second-order valence-corrected chi connectivity index (χ2v) is 4.71. The van der Waals surface area contributed by atoms with Crippen molar-refractivity contribution >= 4 is 30.7 Å². The molecule has 1 amide bonds. The summed E-state index contributed by atoms with van der Waals surface area (Å²) in [6.07, 6.45) is 5.04. The summed E-state index contributed by atoms with van der Waals surface area (Å²) < 4.78 is 15.6. The van der Waals surface area contributed by atoms with E-state index in [1.165, 1.54) is 12.4 Å². The quantitative estimate of drug-likeness (QED) is 0.869. The van der Waals surface area contributed by atoms with Crippen molar-refractivity contribution in [3.8, 4) is 5.69 Å². The van der Waals surface area contributed by atoms with Crippen LogP contribution in [0.4, 0.5) is 4.39 Å². The average Bonchev–Trinajstić information content (AvgIpc) is 2.89. The van der Waals surface area contributed by atoms with Gasteiger partial charge >= 0.3 is 0 Å². The van der Waals surface area contributed by atoms with E-state index >= 15 is 0 Å². The van der Waals surface area contributed by atoms with Crippen LogP contribution in [-0.2, 0) is 11.3 Å². The van der Waals surface area contributed by atoms with E-state index in [0.29, 0.717) is 11.3 Å². The van der Waals surface area contributed by atoms with Gasteiger partial charge < -0.3 is 15.6 Å². The fourth-order valence-corrected chi connectivity index (χ4v) is 1.84. The Morgan fingerprint density at radius 3 is 2.73 bits per heavy atom. The molecule has 2 rings (SSSR count). The van der Waals surface area contributed by atoms with Gasteiger partial charge in [0.2, 0.25) is 5.91 Å². The van der Waals surface area contributed by atoms with Crippen molar-refractivity contribution in [3.05, 3.63) is 48.3 Å². The molecule has 1 unspecified atom stereocenters. The van der Waals surface area contributed by atoms with Crippen molar-refractivity contribution in [2.75, 3.05) is 0 Å². The number of nitrogens with two attached hydrogens (primary N) is 1. The molecule has 0 bridgehead atoms. The number of carbonyl (C=O) groups is 1. The third-order valence-electron chi connectivity index (χ3n) is 2.79. The average molecular weight is 349 g/mol. The van der Waals surface area contributed by atoms with Crippen LogP contribution in [0, 0.1) is 5.82 Å². The van der Waals surface area contributed by atoms with Crippen LogP contribution >= 0.6 is 24.8 Å². The Bertz CT molecular complexity index is 591. The standard InChI is InChI=1S/C14H17FN4O.2ClH/c1-10(16)6-14(20)18-8-11-2-3-13(12(15)7-11)19-5-4-17-9-19;;/h2-5,7,9-10H,6,8,16H2,1H3,(H,18,20);2*1H. The number of hydrogen-bond donors (Lipinski definition) is 2. The highest BCUT2D eigenvalue weighted by molar-refractivity contribution is 5.85. The molecule has 2 aromatic rings. The first kappa shape index (κ1) is 20.4. The Balaban J connectivity index is 0.00000220. The summed E-state index contributed by atoms with van der Waals surface area (Å²) in [7, 11) is 0. The van der Waals surface area contributed by atoms with Gasteiger partial charge in [0.15, 0.2) is 0 Å². The second-order valence-electron chi connectivity index (χ2n) is 4.71. The fraction of sp³-hybridized carbons (Fsp3) is 0.286. The van der Waals surface area contributed by atoms with Crippen LogP contribution in [0.3, 0.4) is 0 Å². The Morgan fingerprint density at radius 2 is 2.18 bits per heavy atom. The molecule has 0 saturated carbocycles. The summed E-state index contributed by atoms with van der Waals surface area (Å²) in [6, 6.07) is 4.64. The molecule has 1 heterocycles. The molecule has 5 nitrogen and oxygen atoms in total. The predicted octanol–water partition coefficient (Wildman–Crippen LogP) is 2.21. The largest absolute Gasteiger partial charge is 0.352 e. The number of carbonyl (C=O) groups excluding carboxylic acids is 1. The third kappa shape index (κ3) is 5.63. The Kier molecular flexibility index (Phi) is 8.70. The van der Waals surface area contributed by atoms with E-state index in [0.717, 1.165) is 0 Å². The minimum atomic E-state index is -0.359. The highest BCUT2D eigenvalue weighted by Crippen LogP contribution is 2.14. The van der Waals surface area contributed by atoms with E-state index in [2.05, 4.69) is 10.3 Å². The molecule has 0 saturated heterocycles. The van der Waals surface area contributed by atoms with E-state index in [1.807, 2.05) is 0 Å². The smallest absolute Gasteiger partial charge is 0.221 e. The number of hydrogen-bond acceptors (Lipinski definition) is 3. The van der Waals surface area contributed by atoms with Crippen LogP contribution in [-0.4, -0.2) is 21.5 Å². The van der Waals surface area contributed by atoms with Crippen molar-refractivity contribution in [1.82, 2.24) is 14.9 Å². The first-order valence-corrected chi connectivity index (χ1v) is 6.35. The second kappa shape index (κ2) is 9.40. The van der Waals surface area contributed by atoms with Crippen LogP contribution in [0.2, 0.25) is 0 Å². The Labute approximate surface area is 140 Å². The fourth-order valence-electron chi connectivity index (χ4n) is 1.84. The lowest BCUT2D eigenvalue weighted by atomic mass is 10.2. The number of benzene rings is 1. The number of nitrogens with one attached hydrogen (secondary N) is 1. The van der Waals surface area contributed by atoms with Gasteiger partial charge in [0, 0.05) is 31.4 Å². The molecule has 0 spiro atoms. The zero-order valence-electron chi connectivity index (χ0n) is 12.0.